The van der Waals surface area contributed by atoms with E-state index in [9.17, 15) is 13.6 Å². The Morgan fingerprint density at radius 3 is 2.70 bits per heavy atom. The number of rotatable bonds is 2. The van der Waals surface area contributed by atoms with E-state index in [1.54, 1.807) is 0 Å². The Kier molecular flexibility index (Phi) is 3.30. The van der Waals surface area contributed by atoms with Crippen LogP contribution in [0.3, 0.4) is 0 Å². The summed E-state index contributed by atoms with van der Waals surface area (Å²) in [5.41, 5.74) is 0.234. The molecule has 2 aliphatic heterocycles. The fraction of sp³-hybridized carbons (Fsp3) is 0.400. The highest BCUT2D eigenvalue weighted by Crippen LogP contribution is 2.33. The molecule has 0 spiro atoms. The van der Waals surface area contributed by atoms with Crippen molar-refractivity contribution in [1.82, 2.24) is 4.90 Å². The molecule has 0 amide bonds. The molecule has 4 atom stereocenters. The standard InChI is InChI=1S/C15H15F2NO2/c1-18-11-6-7-12(18)14(17)13(8-11)20-15(19)9-2-4-10(16)5-3-9/h2-7,11-14H,8H2,1H3/t11?,12?,13-,14?/m1/s1. The summed E-state index contributed by atoms with van der Waals surface area (Å²) in [5.74, 6) is -1.03. The molecule has 5 heteroatoms. The summed E-state index contributed by atoms with van der Waals surface area (Å²) in [7, 11) is 1.86. The highest BCUT2D eigenvalue weighted by molar-refractivity contribution is 5.89. The Bertz CT molecular complexity index is 543. The van der Waals surface area contributed by atoms with Gasteiger partial charge in [0.05, 0.1) is 11.6 Å². The number of hydrogen-bond donors (Lipinski definition) is 0. The number of carbonyl (C=O) groups excluding carboxylic acids is 1. The maximum absolute atomic E-state index is 14.3. The number of carbonyl (C=O) groups is 1. The summed E-state index contributed by atoms with van der Waals surface area (Å²) >= 11 is 0. The second-order valence-electron chi connectivity index (χ2n) is 5.24. The van der Waals surface area contributed by atoms with Gasteiger partial charge in [-0.1, -0.05) is 12.2 Å². The Morgan fingerprint density at radius 1 is 1.30 bits per heavy atom. The van der Waals surface area contributed by atoms with Crippen LogP contribution in [0.25, 0.3) is 0 Å². The van der Waals surface area contributed by atoms with Crippen molar-refractivity contribution in [3.8, 4) is 0 Å². The van der Waals surface area contributed by atoms with Crippen molar-refractivity contribution in [2.75, 3.05) is 7.05 Å². The summed E-state index contributed by atoms with van der Waals surface area (Å²) in [6, 6.07) is 4.82. The molecule has 0 N–H and O–H groups in total. The van der Waals surface area contributed by atoms with Crippen molar-refractivity contribution < 1.29 is 18.3 Å². The van der Waals surface area contributed by atoms with Gasteiger partial charge in [-0.2, -0.15) is 0 Å². The first-order valence-electron chi connectivity index (χ1n) is 6.57. The number of nitrogens with zero attached hydrogens (tertiary/aromatic N) is 1. The average molecular weight is 279 g/mol. The summed E-state index contributed by atoms with van der Waals surface area (Å²) in [5, 5.41) is 0. The van der Waals surface area contributed by atoms with E-state index in [2.05, 4.69) is 0 Å². The van der Waals surface area contributed by atoms with Gasteiger partial charge in [-0.25, -0.2) is 13.6 Å². The summed E-state index contributed by atoms with van der Waals surface area (Å²) in [4.78, 5) is 13.9. The van der Waals surface area contributed by atoms with E-state index in [0.717, 1.165) is 0 Å². The van der Waals surface area contributed by atoms with E-state index >= 15 is 0 Å². The molecule has 20 heavy (non-hydrogen) atoms. The number of halogens is 2. The van der Waals surface area contributed by atoms with Gasteiger partial charge < -0.3 is 4.74 Å². The lowest BCUT2D eigenvalue weighted by molar-refractivity contribution is -0.0408. The number of likely N-dealkylation sites (N-methyl/N-ethyl adjacent to an activating group) is 1. The lowest BCUT2D eigenvalue weighted by Crippen LogP contribution is -2.52. The van der Waals surface area contributed by atoms with Gasteiger partial charge >= 0.3 is 5.97 Å². The summed E-state index contributed by atoms with van der Waals surface area (Å²) in [6.07, 6.45) is 2.22. The summed E-state index contributed by atoms with van der Waals surface area (Å²) in [6.45, 7) is 0. The van der Waals surface area contributed by atoms with Crippen molar-refractivity contribution in [1.29, 1.82) is 0 Å². The first-order valence-corrected chi connectivity index (χ1v) is 6.57. The van der Waals surface area contributed by atoms with Crippen molar-refractivity contribution >= 4 is 5.97 Å². The summed E-state index contributed by atoms with van der Waals surface area (Å²) < 4.78 is 32.4. The van der Waals surface area contributed by atoms with Crippen LogP contribution in [0.5, 0.6) is 0 Å². The molecule has 2 bridgehead atoms. The van der Waals surface area contributed by atoms with Gasteiger partial charge in [-0.15, -0.1) is 0 Å². The first kappa shape index (κ1) is 13.2. The monoisotopic (exact) mass is 279 g/mol. The normalized spacial score (nSPS) is 32.4. The molecule has 0 radical (unpaired) electrons. The molecule has 2 heterocycles. The molecule has 3 unspecified atom stereocenters. The fourth-order valence-corrected chi connectivity index (χ4v) is 2.80. The molecule has 1 saturated heterocycles. The third kappa shape index (κ3) is 2.22. The minimum atomic E-state index is -1.24. The molecule has 3 nitrogen and oxygen atoms in total. The Morgan fingerprint density at radius 2 is 2.00 bits per heavy atom. The molecule has 3 rings (SSSR count). The third-order valence-corrected chi connectivity index (χ3v) is 4.02. The van der Waals surface area contributed by atoms with Crippen LogP contribution in [0.1, 0.15) is 16.8 Å². The second-order valence-corrected chi connectivity index (χ2v) is 5.24. The molecule has 0 aliphatic carbocycles. The molecular weight excluding hydrogens is 264 g/mol. The van der Waals surface area contributed by atoms with E-state index in [-0.39, 0.29) is 17.6 Å². The fourth-order valence-electron chi connectivity index (χ4n) is 2.80. The Hall–Kier alpha value is -1.75. The largest absolute Gasteiger partial charge is 0.456 e. The first-order chi connectivity index (χ1) is 9.56. The third-order valence-electron chi connectivity index (χ3n) is 4.02. The molecule has 1 fully saturated rings. The maximum atomic E-state index is 14.3. The van der Waals surface area contributed by atoms with Crippen LogP contribution in [-0.2, 0) is 4.74 Å². The van der Waals surface area contributed by atoms with Crippen LogP contribution >= 0.6 is 0 Å². The van der Waals surface area contributed by atoms with E-state index in [1.807, 2.05) is 24.1 Å². The lowest BCUT2D eigenvalue weighted by Gasteiger charge is -2.38. The highest BCUT2D eigenvalue weighted by atomic mass is 19.1. The second kappa shape index (κ2) is 4.98. The minimum absolute atomic E-state index is 0.109. The van der Waals surface area contributed by atoms with Gasteiger partial charge in [0.1, 0.15) is 11.9 Å². The van der Waals surface area contributed by atoms with Crippen LogP contribution in [0.2, 0.25) is 0 Å². The van der Waals surface area contributed by atoms with Crippen LogP contribution < -0.4 is 0 Å². The van der Waals surface area contributed by atoms with Crippen molar-refractivity contribution in [2.24, 2.45) is 0 Å². The average Bonchev–Trinajstić information content (AvgIpc) is 2.70. The molecule has 1 aromatic carbocycles. The van der Waals surface area contributed by atoms with Crippen molar-refractivity contribution in [2.45, 2.75) is 30.8 Å². The number of benzene rings is 1. The smallest absolute Gasteiger partial charge is 0.338 e. The zero-order chi connectivity index (χ0) is 14.3. The van der Waals surface area contributed by atoms with Crippen molar-refractivity contribution in [3.05, 3.63) is 47.8 Å². The minimum Gasteiger partial charge on any atom is -0.456 e. The quantitative estimate of drug-likeness (QED) is 0.614. The predicted molar refractivity (Wildman–Crippen MR) is 69.6 cm³/mol. The number of fused-ring (bicyclic) bond motifs is 2. The van der Waals surface area contributed by atoms with Crippen LogP contribution in [0.15, 0.2) is 36.4 Å². The molecule has 0 aromatic heterocycles. The molecule has 2 aliphatic rings. The topological polar surface area (TPSA) is 29.5 Å². The number of ether oxygens (including phenoxy) is 1. The number of hydrogen-bond acceptors (Lipinski definition) is 3. The SMILES string of the molecule is CN1C2C=CC1C(F)[C@H](OC(=O)c1ccc(F)cc1)C2. The van der Waals surface area contributed by atoms with E-state index in [1.165, 1.54) is 24.3 Å². The van der Waals surface area contributed by atoms with Crippen LogP contribution in [0, 0.1) is 5.82 Å². The molecular formula is C15H15F2NO2. The Balaban J connectivity index is 1.69. The number of alkyl halides is 1. The van der Waals surface area contributed by atoms with Gasteiger partial charge in [0.15, 0.2) is 6.17 Å². The maximum Gasteiger partial charge on any atom is 0.338 e. The number of piperidine rings is 1. The van der Waals surface area contributed by atoms with Crippen molar-refractivity contribution in [3.63, 3.8) is 0 Å². The molecule has 106 valence electrons. The van der Waals surface area contributed by atoms with Gasteiger partial charge in [0, 0.05) is 12.5 Å². The predicted octanol–water partition coefficient (Wildman–Crippen LogP) is 2.33. The van der Waals surface area contributed by atoms with Crippen LogP contribution in [-0.4, -0.2) is 42.3 Å². The van der Waals surface area contributed by atoms with Gasteiger partial charge in [-0.3, -0.25) is 4.90 Å². The number of esters is 1. The Labute approximate surface area is 115 Å². The zero-order valence-electron chi connectivity index (χ0n) is 11.0. The van der Waals surface area contributed by atoms with E-state index < -0.39 is 24.1 Å². The molecule has 0 saturated carbocycles. The van der Waals surface area contributed by atoms with Gasteiger partial charge in [0.25, 0.3) is 0 Å². The van der Waals surface area contributed by atoms with Gasteiger partial charge in [-0.05, 0) is 31.3 Å². The lowest BCUT2D eigenvalue weighted by atomic mass is 9.97. The van der Waals surface area contributed by atoms with Gasteiger partial charge in [0.2, 0.25) is 0 Å². The van der Waals surface area contributed by atoms with E-state index in [0.29, 0.717) is 6.42 Å². The molecule has 1 aromatic rings. The van der Waals surface area contributed by atoms with Crippen LogP contribution in [0.4, 0.5) is 8.78 Å². The van der Waals surface area contributed by atoms with E-state index in [4.69, 9.17) is 4.74 Å². The zero-order valence-corrected chi connectivity index (χ0v) is 11.0. The highest BCUT2D eigenvalue weighted by Gasteiger charge is 2.44.